The molecule has 0 aromatic heterocycles. The van der Waals surface area contributed by atoms with Crippen LogP contribution in [0.15, 0.2) is 23.1 Å². The van der Waals surface area contributed by atoms with Crippen molar-refractivity contribution in [2.45, 2.75) is 23.1 Å². The summed E-state index contributed by atoms with van der Waals surface area (Å²) in [6, 6.07) is 4.01. The van der Waals surface area contributed by atoms with E-state index in [0.717, 1.165) is 0 Å². The summed E-state index contributed by atoms with van der Waals surface area (Å²) in [5.74, 6) is 0.0955. The molecule has 1 fully saturated rings. The number of likely N-dealkylation sites (N-methyl/N-ethyl adjacent to an activating group) is 1. The van der Waals surface area contributed by atoms with Crippen LogP contribution >= 0.6 is 0 Å². The van der Waals surface area contributed by atoms with Gasteiger partial charge in [0.1, 0.15) is 5.75 Å². The fraction of sp³-hybridized carbons (Fsp3) is 0.625. The number of ether oxygens (including phenoxy) is 1. The zero-order valence-corrected chi connectivity index (χ0v) is 16.7. The van der Waals surface area contributed by atoms with Crippen LogP contribution in [0.1, 0.15) is 5.56 Å². The van der Waals surface area contributed by atoms with Crippen LogP contribution < -0.4 is 10.1 Å². The van der Waals surface area contributed by atoms with E-state index in [1.807, 2.05) is 19.0 Å². The van der Waals surface area contributed by atoms with E-state index in [1.165, 1.54) is 19.2 Å². The van der Waals surface area contributed by atoms with Crippen molar-refractivity contribution in [2.24, 2.45) is 0 Å². The van der Waals surface area contributed by atoms with Crippen molar-refractivity contribution >= 4 is 19.7 Å². The van der Waals surface area contributed by atoms with E-state index in [-0.39, 0.29) is 16.4 Å². The molecule has 1 aliphatic rings. The maximum absolute atomic E-state index is 13.0. The minimum absolute atomic E-state index is 0.132. The molecule has 25 heavy (non-hydrogen) atoms. The Bertz CT molecular complexity index is 819. The van der Waals surface area contributed by atoms with Crippen molar-refractivity contribution in [2.75, 3.05) is 45.8 Å². The van der Waals surface area contributed by atoms with Gasteiger partial charge in [-0.05, 0) is 44.8 Å². The molecular formula is C16H26N2O5S2. The van der Waals surface area contributed by atoms with E-state index in [0.29, 0.717) is 24.4 Å². The van der Waals surface area contributed by atoms with Gasteiger partial charge in [-0.15, -0.1) is 0 Å². The van der Waals surface area contributed by atoms with Gasteiger partial charge in [-0.3, -0.25) is 0 Å². The largest absolute Gasteiger partial charge is 0.496 e. The van der Waals surface area contributed by atoms with Gasteiger partial charge in [0.15, 0.2) is 19.7 Å². The molecule has 0 saturated carbocycles. The SMILES string of the molecule is COc1ccc(S(=O)(=O)[C@@H]2CS(=O)(=O)C[C@@H]2NCCN(C)C)cc1C. The zero-order valence-electron chi connectivity index (χ0n) is 15.0. The molecule has 7 nitrogen and oxygen atoms in total. The van der Waals surface area contributed by atoms with Gasteiger partial charge in [-0.25, -0.2) is 16.8 Å². The Balaban J connectivity index is 2.29. The van der Waals surface area contributed by atoms with Gasteiger partial charge in [0.25, 0.3) is 0 Å². The molecule has 1 heterocycles. The third-order valence-corrected chi connectivity index (χ3v) is 8.51. The lowest BCUT2D eigenvalue weighted by Gasteiger charge is -2.21. The van der Waals surface area contributed by atoms with Gasteiger partial charge >= 0.3 is 0 Å². The number of hydrogen-bond acceptors (Lipinski definition) is 7. The van der Waals surface area contributed by atoms with Crippen molar-refractivity contribution in [3.8, 4) is 5.75 Å². The number of nitrogens with zero attached hydrogens (tertiary/aromatic N) is 1. The van der Waals surface area contributed by atoms with Crippen LogP contribution in [0.5, 0.6) is 5.75 Å². The molecule has 0 amide bonds. The third-order valence-electron chi connectivity index (χ3n) is 4.36. The molecule has 0 spiro atoms. The van der Waals surface area contributed by atoms with Crippen LogP contribution in [0, 0.1) is 6.92 Å². The summed E-state index contributed by atoms with van der Waals surface area (Å²) in [6.45, 7) is 2.99. The van der Waals surface area contributed by atoms with Crippen molar-refractivity contribution in [1.29, 1.82) is 0 Å². The molecule has 1 aliphatic heterocycles. The Morgan fingerprint density at radius 1 is 1.28 bits per heavy atom. The molecule has 1 aromatic carbocycles. The van der Waals surface area contributed by atoms with Crippen molar-refractivity contribution in [1.82, 2.24) is 10.2 Å². The minimum atomic E-state index is -3.77. The van der Waals surface area contributed by atoms with Gasteiger partial charge in [0.2, 0.25) is 0 Å². The highest BCUT2D eigenvalue weighted by Crippen LogP contribution is 2.29. The standard InChI is InChI=1S/C16H26N2O5S2/c1-12-9-13(5-6-15(12)23-4)25(21,22)16-11-24(19,20)10-14(16)17-7-8-18(2)3/h5-6,9,14,16-17H,7-8,10-11H2,1-4H3/t14-,16+/m0/s1. The number of hydrogen-bond donors (Lipinski definition) is 1. The van der Waals surface area contributed by atoms with Gasteiger partial charge in [-0.2, -0.15) is 0 Å². The molecule has 0 bridgehead atoms. The van der Waals surface area contributed by atoms with E-state index in [4.69, 9.17) is 4.74 Å². The topological polar surface area (TPSA) is 92.8 Å². The number of rotatable bonds is 7. The van der Waals surface area contributed by atoms with Gasteiger partial charge in [-0.1, -0.05) is 0 Å². The van der Waals surface area contributed by atoms with Crippen LogP contribution in [0.4, 0.5) is 0 Å². The second-order valence-electron chi connectivity index (χ2n) is 6.66. The Hall–Kier alpha value is -1.16. The predicted molar refractivity (Wildman–Crippen MR) is 97.7 cm³/mol. The summed E-state index contributed by atoms with van der Waals surface area (Å²) < 4.78 is 55.3. The molecule has 1 aromatic rings. The lowest BCUT2D eigenvalue weighted by molar-refractivity contribution is 0.388. The van der Waals surface area contributed by atoms with Gasteiger partial charge < -0.3 is 15.0 Å². The lowest BCUT2D eigenvalue weighted by atomic mass is 10.2. The summed E-state index contributed by atoms with van der Waals surface area (Å²) in [7, 11) is -1.83. The Labute approximate surface area is 150 Å². The smallest absolute Gasteiger partial charge is 0.183 e. The quantitative estimate of drug-likeness (QED) is 0.705. The van der Waals surface area contributed by atoms with Crippen molar-refractivity contribution in [3.05, 3.63) is 23.8 Å². The molecule has 1 saturated heterocycles. The predicted octanol–water partition coefficient (Wildman–Crippen LogP) is 0.0941. The maximum Gasteiger partial charge on any atom is 0.183 e. The Morgan fingerprint density at radius 3 is 2.52 bits per heavy atom. The average molecular weight is 391 g/mol. The second kappa shape index (κ2) is 7.61. The van der Waals surface area contributed by atoms with Gasteiger partial charge in [0.05, 0.1) is 28.8 Å². The first-order valence-corrected chi connectivity index (χ1v) is 11.4. The molecule has 2 atom stereocenters. The first-order chi connectivity index (χ1) is 11.6. The summed E-state index contributed by atoms with van der Waals surface area (Å²) in [6.07, 6.45) is 0. The second-order valence-corrected chi connectivity index (χ2v) is 11.0. The van der Waals surface area contributed by atoms with E-state index < -0.39 is 31.0 Å². The summed E-state index contributed by atoms with van der Waals surface area (Å²) in [5.41, 5.74) is 0.696. The summed E-state index contributed by atoms with van der Waals surface area (Å²) in [5, 5.41) is 2.13. The molecule has 0 aliphatic carbocycles. The molecule has 1 N–H and O–H groups in total. The zero-order chi connectivity index (χ0) is 18.8. The van der Waals surface area contributed by atoms with Crippen LogP contribution in [0.2, 0.25) is 0 Å². The highest BCUT2D eigenvalue weighted by Gasteiger charge is 2.45. The summed E-state index contributed by atoms with van der Waals surface area (Å²) >= 11 is 0. The lowest BCUT2D eigenvalue weighted by Crippen LogP contribution is -2.45. The molecule has 0 radical (unpaired) electrons. The number of benzene rings is 1. The fourth-order valence-corrected chi connectivity index (χ4v) is 7.79. The van der Waals surface area contributed by atoms with E-state index >= 15 is 0 Å². The Morgan fingerprint density at radius 2 is 1.96 bits per heavy atom. The van der Waals surface area contributed by atoms with Crippen molar-refractivity contribution in [3.63, 3.8) is 0 Å². The van der Waals surface area contributed by atoms with E-state index in [2.05, 4.69) is 5.32 Å². The van der Waals surface area contributed by atoms with E-state index in [1.54, 1.807) is 13.0 Å². The van der Waals surface area contributed by atoms with Crippen LogP contribution in [-0.4, -0.2) is 78.8 Å². The number of nitrogens with one attached hydrogen (secondary N) is 1. The molecule has 142 valence electrons. The first-order valence-electron chi connectivity index (χ1n) is 8.04. The molecule has 2 rings (SSSR count). The fourth-order valence-electron chi connectivity index (χ4n) is 2.99. The molecular weight excluding hydrogens is 364 g/mol. The van der Waals surface area contributed by atoms with Crippen molar-refractivity contribution < 1.29 is 21.6 Å². The molecule has 0 unspecified atom stereocenters. The molecule has 9 heteroatoms. The van der Waals surface area contributed by atoms with Crippen LogP contribution in [0.3, 0.4) is 0 Å². The normalized spacial score (nSPS) is 23.1. The Kier molecular flexibility index (Phi) is 6.13. The third kappa shape index (κ3) is 4.72. The van der Waals surface area contributed by atoms with Crippen LogP contribution in [0.25, 0.3) is 0 Å². The highest BCUT2D eigenvalue weighted by atomic mass is 32.2. The monoisotopic (exact) mass is 390 g/mol. The minimum Gasteiger partial charge on any atom is -0.496 e. The summed E-state index contributed by atoms with van der Waals surface area (Å²) in [4.78, 5) is 2.08. The number of aryl methyl sites for hydroxylation is 1. The van der Waals surface area contributed by atoms with E-state index in [9.17, 15) is 16.8 Å². The average Bonchev–Trinajstić information content (AvgIpc) is 2.82. The number of methoxy groups -OCH3 is 1. The number of sulfone groups is 2. The maximum atomic E-state index is 13.0. The highest BCUT2D eigenvalue weighted by molar-refractivity contribution is 7.96. The first kappa shape index (κ1) is 20.2. The van der Waals surface area contributed by atoms with Gasteiger partial charge in [0, 0.05) is 19.1 Å². The van der Waals surface area contributed by atoms with Crippen LogP contribution in [-0.2, 0) is 19.7 Å².